The van der Waals surface area contributed by atoms with E-state index in [-0.39, 0.29) is 0 Å². The summed E-state index contributed by atoms with van der Waals surface area (Å²) in [5.74, 6) is 0. The fourth-order valence-corrected chi connectivity index (χ4v) is 2.03. The largest absolute Gasteiger partial charge is 0.350 e. The zero-order valence-corrected chi connectivity index (χ0v) is 9.27. The molecular weight excluding hydrogens is 261 g/mol. The third-order valence-electron chi connectivity index (χ3n) is 2.31. The summed E-state index contributed by atoms with van der Waals surface area (Å²) in [6.45, 7) is 4.32. The van der Waals surface area contributed by atoms with Crippen LogP contribution in [0.1, 0.15) is 11.1 Å². The van der Waals surface area contributed by atoms with Crippen LogP contribution in [0.2, 0.25) is 0 Å². The molecule has 0 saturated heterocycles. The number of fused-ring (bicyclic) bond motifs is 1. The topological polar surface area (TPSA) is 15.8 Å². The van der Waals surface area contributed by atoms with E-state index in [9.17, 15) is 0 Å². The van der Waals surface area contributed by atoms with Crippen LogP contribution in [-0.2, 0) is 0 Å². The summed E-state index contributed by atoms with van der Waals surface area (Å²) in [6.07, 6.45) is 0. The summed E-state index contributed by atoms with van der Waals surface area (Å²) < 4.78 is 1.20. The molecule has 0 radical (unpaired) electrons. The molecule has 0 spiro atoms. The van der Waals surface area contributed by atoms with E-state index in [1.165, 1.54) is 25.7 Å². The van der Waals surface area contributed by atoms with Crippen LogP contribution in [0, 0.1) is 17.5 Å². The first-order valence-electron chi connectivity index (χ1n) is 3.93. The van der Waals surface area contributed by atoms with Gasteiger partial charge in [0.1, 0.15) is 0 Å². The number of aromatic nitrogens is 1. The highest BCUT2D eigenvalue weighted by Gasteiger charge is 2.02. The molecule has 0 saturated carbocycles. The van der Waals surface area contributed by atoms with Crippen LogP contribution in [0.3, 0.4) is 0 Å². The molecule has 12 heavy (non-hydrogen) atoms. The summed E-state index contributed by atoms with van der Waals surface area (Å²) in [5.41, 5.74) is 3.98. The minimum Gasteiger partial charge on any atom is -0.350 e. The highest BCUT2D eigenvalue weighted by molar-refractivity contribution is 14.1. The number of benzene rings is 1. The van der Waals surface area contributed by atoms with Gasteiger partial charge in [0.15, 0.2) is 0 Å². The van der Waals surface area contributed by atoms with Crippen LogP contribution in [0.25, 0.3) is 10.9 Å². The Hall–Kier alpha value is -0.510. The van der Waals surface area contributed by atoms with Crippen LogP contribution in [0.4, 0.5) is 0 Å². The normalized spacial score (nSPS) is 10.9. The number of aryl methyl sites for hydroxylation is 2. The Morgan fingerprint density at radius 1 is 1.25 bits per heavy atom. The fraction of sp³-hybridized carbons (Fsp3) is 0.200. The molecule has 62 valence electrons. The lowest BCUT2D eigenvalue weighted by atomic mass is 10.1. The second-order valence-corrected chi connectivity index (χ2v) is 4.25. The SMILES string of the molecule is Cc1ccc2[nH]c(I)cc2c1C. The zero-order valence-electron chi connectivity index (χ0n) is 7.11. The minimum atomic E-state index is 1.20. The molecule has 1 heterocycles. The van der Waals surface area contributed by atoms with Crippen molar-refractivity contribution in [3.63, 3.8) is 0 Å². The molecule has 0 aliphatic carbocycles. The quantitative estimate of drug-likeness (QED) is 0.707. The van der Waals surface area contributed by atoms with Gasteiger partial charge in [0.25, 0.3) is 0 Å². The summed E-state index contributed by atoms with van der Waals surface area (Å²) in [6, 6.07) is 6.49. The van der Waals surface area contributed by atoms with Gasteiger partial charge >= 0.3 is 0 Å². The first-order valence-corrected chi connectivity index (χ1v) is 5.01. The van der Waals surface area contributed by atoms with Crippen molar-refractivity contribution in [2.45, 2.75) is 13.8 Å². The van der Waals surface area contributed by atoms with Gasteiger partial charge in [-0.25, -0.2) is 0 Å². The molecular formula is C10H10IN. The molecule has 0 unspecified atom stereocenters. The van der Waals surface area contributed by atoms with Crippen molar-refractivity contribution in [2.75, 3.05) is 0 Å². The van der Waals surface area contributed by atoms with Gasteiger partial charge in [-0.2, -0.15) is 0 Å². The molecule has 1 nitrogen and oxygen atoms in total. The lowest BCUT2D eigenvalue weighted by Gasteiger charge is -1.99. The molecule has 1 aromatic heterocycles. The summed E-state index contributed by atoms with van der Waals surface area (Å²) >= 11 is 2.31. The van der Waals surface area contributed by atoms with Gasteiger partial charge in [-0.1, -0.05) is 6.07 Å². The van der Waals surface area contributed by atoms with Crippen LogP contribution in [0.5, 0.6) is 0 Å². The molecule has 0 amide bonds. The van der Waals surface area contributed by atoms with E-state index in [1.807, 2.05) is 0 Å². The van der Waals surface area contributed by atoms with E-state index in [4.69, 9.17) is 0 Å². The van der Waals surface area contributed by atoms with E-state index in [0.29, 0.717) is 0 Å². The minimum absolute atomic E-state index is 1.20. The van der Waals surface area contributed by atoms with E-state index < -0.39 is 0 Å². The number of rotatable bonds is 0. The van der Waals surface area contributed by atoms with E-state index in [2.05, 4.69) is 59.6 Å². The predicted molar refractivity (Wildman–Crippen MR) is 60.5 cm³/mol. The Morgan fingerprint density at radius 3 is 2.75 bits per heavy atom. The van der Waals surface area contributed by atoms with Gasteiger partial charge in [-0.15, -0.1) is 0 Å². The first kappa shape index (κ1) is 8.10. The second kappa shape index (κ2) is 2.76. The maximum absolute atomic E-state index is 3.31. The number of nitrogens with one attached hydrogen (secondary N) is 1. The van der Waals surface area contributed by atoms with Crippen LogP contribution in [-0.4, -0.2) is 4.98 Å². The van der Waals surface area contributed by atoms with Crippen molar-refractivity contribution >= 4 is 33.5 Å². The van der Waals surface area contributed by atoms with E-state index in [1.54, 1.807) is 0 Å². The monoisotopic (exact) mass is 271 g/mol. The summed E-state index contributed by atoms with van der Waals surface area (Å²) in [7, 11) is 0. The second-order valence-electron chi connectivity index (χ2n) is 3.09. The summed E-state index contributed by atoms with van der Waals surface area (Å²) in [4.78, 5) is 3.31. The van der Waals surface area contributed by atoms with Gasteiger partial charge in [0.2, 0.25) is 0 Å². The smallest absolute Gasteiger partial charge is 0.0782 e. The highest BCUT2D eigenvalue weighted by Crippen LogP contribution is 2.22. The van der Waals surface area contributed by atoms with Crippen molar-refractivity contribution in [3.8, 4) is 0 Å². The molecule has 1 N–H and O–H groups in total. The lowest BCUT2D eigenvalue weighted by Crippen LogP contribution is -1.79. The van der Waals surface area contributed by atoms with Crippen molar-refractivity contribution < 1.29 is 0 Å². The third kappa shape index (κ3) is 1.14. The predicted octanol–water partition coefficient (Wildman–Crippen LogP) is 3.39. The third-order valence-corrected chi connectivity index (χ3v) is 2.89. The van der Waals surface area contributed by atoms with Crippen molar-refractivity contribution in [1.29, 1.82) is 0 Å². The Labute approximate surface area is 85.3 Å². The van der Waals surface area contributed by atoms with Crippen molar-refractivity contribution in [3.05, 3.63) is 33.0 Å². The van der Waals surface area contributed by atoms with Crippen LogP contribution in [0.15, 0.2) is 18.2 Å². The van der Waals surface area contributed by atoms with Crippen LogP contribution < -0.4 is 0 Å². The zero-order chi connectivity index (χ0) is 8.72. The Balaban J connectivity index is 2.89. The standard InChI is InChI=1S/C10H10IN/c1-6-3-4-9-8(7(6)2)5-10(11)12-9/h3-5,12H,1-2H3. The lowest BCUT2D eigenvalue weighted by molar-refractivity contribution is 1.37. The molecule has 0 aliphatic rings. The average Bonchev–Trinajstić information content (AvgIpc) is 2.39. The molecule has 2 rings (SSSR count). The Morgan fingerprint density at radius 2 is 2.00 bits per heavy atom. The molecule has 2 aromatic rings. The first-order chi connectivity index (χ1) is 5.68. The highest BCUT2D eigenvalue weighted by atomic mass is 127. The Kier molecular flexibility index (Phi) is 1.87. The molecule has 2 heteroatoms. The molecule has 0 atom stereocenters. The van der Waals surface area contributed by atoms with E-state index >= 15 is 0 Å². The number of hydrogen-bond acceptors (Lipinski definition) is 0. The molecule has 0 bridgehead atoms. The number of H-pyrrole nitrogens is 1. The van der Waals surface area contributed by atoms with Crippen molar-refractivity contribution in [1.82, 2.24) is 4.98 Å². The number of hydrogen-bond donors (Lipinski definition) is 1. The molecule has 0 fully saturated rings. The number of aromatic amines is 1. The van der Waals surface area contributed by atoms with Gasteiger partial charge in [0, 0.05) is 10.9 Å². The maximum Gasteiger partial charge on any atom is 0.0782 e. The van der Waals surface area contributed by atoms with Gasteiger partial charge in [0.05, 0.1) is 3.70 Å². The average molecular weight is 271 g/mol. The van der Waals surface area contributed by atoms with Gasteiger partial charge in [-0.3, -0.25) is 0 Å². The fourth-order valence-electron chi connectivity index (χ4n) is 1.42. The van der Waals surface area contributed by atoms with Crippen LogP contribution >= 0.6 is 22.6 Å². The maximum atomic E-state index is 3.31. The number of halogens is 1. The van der Waals surface area contributed by atoms with E-state index in [0.717, 1.165) is 0 Å². The summed E-state index contributed by atoms with van der Waals surface area (Å²) in [5, 5.41) is 1.35. The van der Waals surface area contributed by atoms with Gasteiger partial charge < -0.3 is 4.98 Å². The Bertz CT molecular complexity index is 429. The molecule has 1 aromatic carbocycles. The molecule has 0 aliphatic heterocycles. The van der Waals surface area contributed by atoms with Crippen molar-refractivity contribution in [2.24, 2.45) is 0 Å². The van der Waals surface area contributed by atoms with Gasteiger partial charge in [-0.05, 0) is 59.7 Å².